The molecule has 0 saturated carbocycles. The van der Waals surface area contributed by atoms with Crippen molar-refractivity contribution in [1.82, 2.24) is 9.88 Å². The van der Waals surface area contributed by atoms with E-state index in [2.05, 4.69) is 4.98 Å². The molecule has 2 aromatic carbocycles. The molecule has 3 nitrogen and oxygen atoms in total. The van der Waals surface area contributed by atoms with Crippen molar-refractivity contribution in [2.24, 2.45) is 0 Å². The fourth-order valence-corrected chi connectivity index (χ4v) is 4.88. The van der Waals surface area contributed by atoms with Gasteiger partial charge in [-0.1, -0.05) is 36.4 Å². The largest absolute Gasteiger partial charge is 0.416 e. The molecule has 7 heteroatoms. The Morgan fingerprint density at radius 1 is 1.03 bits per heavy atom. The number of alkyl halides is 3. The molecule has 0 bridgehead atoms. The zero-order chi connectivity index (χ0) is 20.9. The molecule has 1 aliphatic rings. The number of hydrogen-bond acceptors (Lipinski definition) is 2. The average Bonchev–Trinajstić information content (AvgIpc) is 3.40. The summed E-state index contributed by atoms with van der Waals surface area (Å²) in [5.41, 5.74) is 2.90. The third kappa shape index (κ3) is 3.10. The molecule has 5 rings (SSSR count). The van der Waals surface area contributed by atoms with Crippen LogP contribution in [0.3, 0.4) is 0 Å². The first kappa shape index (κ1) is 18.9. The van der Waals surface area contributed by atoms with Crippen LogP contribution in [0.2, 0.25) is 0 Å². The predicted molar refractivity (Wildman–Crippen MR) is 111 cm³/mol. The lowest BCUT2D eigenvalue weighted by molar-refractivity contribution is -0.137. The maximum atomic E-state index is 13.2. The third-order valence-electron chi connectivity index (χ3n) is 5.58. The van der Waals surface area contributed by atoms with Gasteiger partial charge < -0.3 is 9.88 Å². The van der Waals surface area contributed by atoms with Crippen LogP contribution in [0.25, 0.3) is 10.9 Å². The molecular formula is C23H17F3N2OS. The first-order valence-corrected chi connectivity index (χ1v) is 10.4. The van der Waals surface area contributed by atoms with E-state index in [-0.39, 0.29) is 5.91 Å². The van der Waals surface area contributed by atoms with Crippen molar-refractivity contribution in [3.05, 3.63) is 93.3 Å². The highest BCUT2D eigenvalue weighted by atomic mass is 32.1. The molecule has 0 spiro atoms. The number of fused-ring (bicyclic) bond motifs is 3. The molecule has 0 radical (unpaired) electrons. The third-order valence-corrected chi connectivity index (χ3v) is 6.44. The van der Waals surface area contributed by atoms with Gasteiger partial charge in [-0.25, -0.2) is 0 Å². The monoisotopic (exact) mass is 426 g/mol. The van der Waals surface area contributed by atoms with Gasteiger partial charge in [-0.15, -0.1) is 11.3 Å². The van der Waals surface area contributed by atoms with Crippen LogP contribution in [0, 0.1) is 0 Å². The van der Waals surface area contributed by atoms with E-state index in [0.717, 1.165) is 34.3 Å². The van der Waals surface area contributed by atoms with Crippen LogP contribution in [-0.2, 0) is 12.6 Å². The quantitative estimate of drug-likeness (QED) is 0.417. The Labute approximate surface area is 174 Å². The maximum absolute atomic E-state index is 13.2. The van der Waals surface area contributed by atoms with Crippen molar-refractivity contribution in [2.75, 3.05) is 6.54 Å². The molecule has 4 aromatic rings. The van der Waals surface area contributed by atoms with Crippen LogP contribution in [0.15, 0.2) is 66.0 Å². The highest BCUT2D eigenvalue weighted by Gasteiger charge is 2.36. The number of amides is 1. The zero-order valence-corrected chi connectivity index (χ0v) is 16.6. The van der Waals surface area contributed by atoms with Crippen molar-refractivity contribution in [3.63, 3.8) is 0 Å². The van der Waals surface area contributed by atoms with Gasteiger partial charge in [-0.05, 0) is 47.2 Å². The molecule has 2 aromatic heterocycles. The number of thiophene rings is 1. The van der Waals surface area contributed by atoms with Crippen LogP contribution >= 0.6 is 11.3 Å². The second-order valence-corrected chi connectivity index (χ2v) is 8.26. The molecule has 0 saturated heterocycles. The number of carbonyl (C=O) groups excluding carboxylic acids is 1. The number of para-hydroxylation sites is 1. The normalized spacial score (nSPS) is 16.6. The van der Waals surface area contributed by atoms with Crippen molar-refractivity contribution >= 4 is 28.1 Å². The Hall–Kier alpha value is -3.06. The lowest BCUT2D eigenvalue weighted by Gasteiger charge is -2.36. The summed E-state index contributed by atoms with van der Waals surface area (Å²) in [7, 11) is 0. The molecule has 0 fully saturated rings. The lowest BCUT2D eigenvalue weighted by atomic mass is 9.91. The van der Waals surface area contributed by atoms with Crippen molar-refractivity contribution in [2.45, 2.75) is 18.6 Å². The summed E-state index contributed by atoms with van der Waals surface area (Å²) >= 11 is 1.36. The van der Waals surface area contributed by atoms with Gasteiger partial charge in [0.05, 0.1) is 16.5 Å². The van der Waals surface area contributed by atoms with Gasteiger partial charge in [0.15, 0.2) is 0 Å². The van der Waals surface area contributed by atoms with Gasteiger partial charge in [0.25, 0.3) is 5.91 Å². The van der Waals surface area contributed by atoms with Gasteiger partial charge in [0, 0.05) is 23.1 Å². The minimum Gasteiger partial charge on any atom is -0.356 e. The van der Waals surface area contributed by atoms with E-state index >= 15 is 0 Å². The number of H-pyrrole nitrogens is 1. The maximum Gasteiger partial charge on any atom is 0.416 e. The van der Waals surface area contributed by atoms with Crippen molar-refractivity contribution in [3.8, 4) is 0 Å². The molecule has 1 amide bonds. The van der Waals surface area contributed by atoms with E-state index in [1.54, 1.807) is 11.0 Å². The number of aromatic nitrogens is 1. The number of nitrogens with zero attached hydrogens (tertiary/aromatic N) is 1. The van der Waals surface area contributed by atoms with Crippen molar-refractivity contribution < 1.29 is 18.0 Å². The van der Waals surface area contributed by atoms with E-state index in [9.17, 15) is 18.0 Å². The number of rotatable bonds is 2. The highest BCUT2D eigenvalue weighted by Crippen LogP contribution is 2.40. The Morgan fingerprint density at radius 2 is 1.80 bits per heavy atom. The van der Waals surface area contributed by atoms with Crippen LogP contribution in [0.5, 0.6) is 0 Å². The lowest BCUT2D eigenvalue weighted by Crippen LogP contribution is -2.40. The fourth-order valence-electron chi connectivity index (χ4n) is 4.20. The number of nitrogens with one attached hydrogen (secondary N) is 1. The zero-order valence-electron chi connectivity index (χ0n) is 15.7. The van der Waals surface area contributed by atoms with E-state index in [1.807, 2.05) is 35.7 Å². The molecule has 0 aliphatic carbocycles. The second-order valence-electron chi connectivity index (χ2n) is 7.31. The molecule has 0 unspecified atom stereocenters. The molecule has 1 N–H and O–H groups in total. The number of benzene rings is 2. The number of halogens is 3. The SMILES string of the molecule is O=C(c1cccs1)N1CCc2c([nH]c3ccccc23)[C@H]1c1ccc(C(F)(F)F)cc1. The first-order valence-electron chi connectivity index (χ1n) is 9.54. The summed E-state index contributed by atoms with van der Waals surface area (Å²) in [6, 6.07) is 16.2. The highest BCUT2D eigenvalue weighted by molar-refractivity contribution is 7.12. The van der Waals surface area contributed by atoms with E-state index in [0.29, 0.717) is 23.4 Å². The minimum atomic E-state index is -4.40. The summed E-state index contributed by atoms with van der Waals surface area (Å²) in [6.45, 7) is 0.497. The molecule has 3 heterocycles. The van der Waals surface area contributed by atoms with Crippen LogP contribution in [0.1, 0.15) is 38.1 Å². The van der Waals surface area contributed by atoms with Gasteiger partial charge in [0.1, 0.15) is 0 Å². The predicted octanol–water partition coefficient (Wildman–Crippen LogP) is 6.04. The topological polar surface area (TPSA) is 36.1 Å². The summed E-state index contributed by atoms with van der Waals surface area (Å²) in [6.07, 6.45) is -3.71. The number of hydrogen-bond donors (Lipinski definition) is 1. The molecular weight excluding hydrogens is 409 g/mol. The van der Waals surface area contributed by atoms with Crippen LogP contribution in [0.4, 0.5) is 13.2 Å². The molecule has 152 valence electrons. The van der Waals surface area contributed by atoms with Gasteiger partial charge in [-0.3, -0.25) is 4.79 Å². The Kier molecular flexibility index (Phi) is 4.43. The smallest absolute Gasteiger partial charge is 0.356 e. The molecule has 30 heavy (non-hydrogen) atoms. The molecule has 1 atom stereocenters. The average molecular weight is 426 g/mol. The Balaban J connectivity index is 1.65. The number of carbonyl (C=O) groups is 1. The van der Waals surface area contributed by atoms with Gasteiger partial charge >= 0.3 is 6.18 Å². The van der Waals surface area contributed by atoms with E-state index < -0.39 is 17.8 Å². The number of aromatic amines is 1. The van der Waals surface area contributed by atoms with Crippen molar-refractivity contribution in [1.29, 1.82) is 0 Å². The second kappa shape index (κ2) is 7.02. The van der Waals surface area contributed by atoms with Gasteiger partial charge in [-0.2, -0.15) is 13.2 Å². The summed E-state index contributed by atoms with van der Waals surface area (Å²) in [4.78, 5) is 19.0. The van der Waals surface area contributed by atoms with E-state index in [4.69, 9.17) is 0 Å². The van der Waals surface area contributed by atoms with E-state index in [1.165, 1.54) is 23.5 Å². The fraction of sp³-hybridized carbons (Fsp3) is 0.174. The summed E-state index contributed by atoms with van der Waals surface area (Å²) in [5, 5.41) is 2.94. The Morgan fingerprint density at radius 3 is 2.50 bits per heavy atom. The van der Waals surface area contributed by atoms with Crippen LogP contribution in [-0.4, -0.2) is 22.3 Å². The summed E-state index contributed by atoms with van der Waals surface area (Å²) < 4.78 is 39.2. The Bertz CT molecular complexity index is 1210. The first-order chi connectivity index (χ1) is 14.4. The minimum absolute atomic E-state index is 0.112. The molecule has 1 aliphatic heterocycles. The summed E-state index contributed by atoms with van der Waals surface area (Å²) in [5.74, 6) is -0.112. The van der Waals surface area contributed by atoms with Crippen LogP contribution < -0.4 is 0 Å². The van der Waals surface area contributed by atoms with Gasteiger partial charge in [0.2, 0.25) is 0 Å². The standard InChI is InChI=1S/C23H17F3N2OS/c24-23(25,26)15-9-7-14(8-10-15)21-20-17(16-4-1-2-5-18(16)27-20)11-12-28(21)22(29)19-6-3-13-30-19/h1-10,13,21,27H,11-12H2/t21-/m1/s1.